The maximum absolute atomic E-state index is 11.6. The second-order valence-electron chi connectivity index (χ2n) is 9.96. The molecule has 11 nitrogen and oxygen atoms in total. The smallest absolute Gasteiger partial charge is 0.326 e. The maximum atomic E-state index is 11.6. The average molecular weight is 522 g/mol. The molecule has 11 heteroatoms. The van der Waals surface area contributed by atoms with Crippen molar-refractivity contribution in [1.29, 1.82) is 5.26 Å². The first kappa shape index (κ1) is 24.5. The SMILES string of the molecule is N#Cc1cccc(-c2cc(-c3cn(Cc4cccc(N5CCC[C@H]5C(=O)O)n4)nn3)nc(NCC3CC3)n2)c1. The summed E-state index contributed by atoms with van der Waals surface area (Å²) in [6.45, 7) is 1.86. The second-order valence-corrected chi connectivity index (χ2v) is 9.96. The molecule has 3 aromatic heterocycles. The van der Waals surface area contributed by atoms with E-state index in [2.05, 4.69) is 21.7 Å². The number of aliphatic carboxylic acids is 1. The molecule has 0 amide bonds. The van der Waals surface area contributed by atoms with E-state index < -0.39 is 12.0 Å². The molecule has 2 N–H and O–H groups in total. The van der Waals surface area contributed by atoms with Gasteiger partial charge in [0.25, 0.3) is 0 Å². The van der Waals surface area contributed by atoms with E-state index in [1.54, 1.807) is 10.7 Å². The number of carboxylic acids is 1. The fourth-order valence-corrected chi connectivity index (χ4v) is 4.78. The highest BCUT2D eigenvalue weighted by Crippen LogP contribution is 2.30. The Hall–Kier alpha value is -4.85. The van der Waals surface area contributed by atoms with Crippen LogP contribution >= 0.6 is 0 Å². The Bertz CT molecular complexity index is 1560. The number of nitrogens with one attached hydrogen (secondary N) is 1. The van der Waals surface area contributed by atoms with Crippen LogP contribution in [0.25, 0.3) is 22.6 Å². The van der Waals surface area contributed by atoms with Gasteiger partial charge < -0.3 is 15.3 Å². The molecule has 4 heterocycles. The number of benzene rings is 1. The predicted octanol–water partition coefficient (Wildman–Crippen LogP) is 3.59. The van der Waals surface area contributed by atoms with Crippen molar-refractivity contribution >= 4 is 17.7 Å². The van der Waals surface area contributed by atoms with Gasteiger partial charge in [0.1, 0.15) is 17.6 Å². The molecule has 0 spiro atoms. The molecular weight excluding hydrogens is 494 g/mol. The maximum Gasteiger partial charge on any atom is 0.326 e. The van der Waals surface area contributed by atoms with Crippen LogP contribution in [0.3, 0.4) is 0 Å². The highest BCUT2D eigenvalue weighted by molar-refractivity contribution is 5.78. The molecule has 1 aliphatic carbocycles. The van der Waals surface area contributed by atoms with Gasteiger partial charge in [-0.25, -0.2) is 24.4 Å². The number of carbonyl (C=O) groups is 1. The summed E-state index contributed by atoms with van der Waals surface area (Å²) in [4.78, 5) is 27.6. The van der Waals surface area contributed by atoms with E-state index in [0.717, 1.165) is 24.2 Å². The number of carboxylic acid groups (broad SMARTS) is 1. The molecule has 1 saturated carbocycles. The van der Waals surface area contributed by atoms with E-state index in [4.69, 9.17) is 15.0 Å². The Balaban J connectivity index is 1.26. The van der Waals surface area contributed by atoms with E-state index in [1.807, 2.05) is 53.6 Å². The van der Waals surface area contributed by atoms with Gasteiger partial charge in [-0.2, -0.15) is 5.26 Å². The second kappa shape index (κ2) is 10.5. The van der Waals surface area contributed by atoms with Gasteiger partial charge in [-0.3, -0.25) is 0 Å². The third-order valence-electron chi connectivity index (χ3n) is 7.01. The van der Waals surface area contributed by atoms with Gasteiger partial charge in [0, 0.05) is 18.7 Å². The van der Waals surface area contributed by atoms with E-state index in [0.29, 0.717) is 59.8 Å². The van der Waals surface area contributed by atoms with Crippen molar-refractivity contribution in [3.8, 4) is 28.7 Å². The molecule has 196 valence electrons. The van der Waals surface area contributed by atoms with E-state index >= 15 is 0 Å². The Kier molecular flexibility index (Phi) is 6.59. The summed E-state index contributed by atoms with van der Waals surface area (Å²) in [5, 5.41) is 30.9. The lowest BCUT2D eigenvalue weighted by atomic mass is 10.1. The van der Waals surface area contributed by atoms with Crippen molar-refractivity contribution in [2.45, 2.75) is 38.3 Å². The van der Waals surface area contributed by atoms with Gasteiger partial charge in [0.05, 0.1) is 41.5 Å². The molecule has 1 aliphatic heterocycles. The average Bonchev–Trinajstić information content (AvgIpc) is 3.44. The lowest BCUT2D eigenvalue weighted by Crippen LogP contribution is -2.36. The van der Waals surface area contributed by atoms with Crippen molar-refractivity contribution in [2.24, 2.45) is 5.92 Å². The van der Waals surface area contributed by atoms with Crippen molar-refractivity contribution < 1.29 is 9.90 Å². The molecule has 2 aliphatic rings. The summed E-state index contributed by atoms with van der Waals surface area (Å²) >= 11 is 0. The van der Waals surface area contributed by atoms with Crippen molar-refractivity contribution in [1.82, 2.24) is 29.9 Å². The van der Waals surface area contributed by atoms with Gasteiger partial charge in [0.2, 0.25) is 5.95 Å². The summed E-state index contributed by atoms with van der Waals surface area (Å²) in [6, 6.07) is 16.4. The third kappa shape index (κ3) is 5.55. The standard InChI is InChI=1S/C28H27N9O2/c29-14-19-4-1-5-20(12-19)22-13-23(33-28(32-22)30-15-18-9-10-18)24-17-36(35-34-24)16-21-6-2-8-26(31-21)37-11-3-7-25(37)27(38)39/h1-2,4-6,8,12-13,17-18,25H,3,7,9-11,15-16H2,(H,38,39)(H,30,32,33)/t25-/m0/s1. The molecule has 0 radical (unpaired) electrons. The van der Waals surface area contributed by atoms with Crippen molar-refractivity contribution in [3.63, 3.8) is 0 Å². The van der Waals surface area contributed by atoms with E-state index in [-0.39, 0.29) is 0 Å². The largest absolute Gasteiger partial charge is 0.480 e. The molecular formula is C28H27N9O2. The lowest BCUT2D eigenvalue weighted by molar-refractivity contribution is -0.138. The molecule has 2 fully saturated rings. The number of hydrogen-bond acceptors (Lipinski definition) is 9. The molecule has 39 heavy (non-hydrogen) atoms. The fraction of sp³-hybridized carbons (Fsp3) is 0.321. The van der Waals surface area contributed by atoms with E-state index in [1.165, 1.54) is 12.8 Å². The van der Waals surface area contributed by atoms with Gasteiger partial charge in [0.15, 0.2) is 0 Å². The molecule has 1 aromatic carbocycles. The Labute approximate surface area is 225 Å². The zero-order chi connectivity index (χ0) is 26.8. The van der Waals surface area contributed by atoms with E-state index in [9.17, 15) is 15.2 Å². The molecule has 1 saturated heterocycles. The number of pyridine rings is 1. The van der Waals surface area contributed by atoms with Crippen LogP contribution in [0.1, 0.15) is 36.9 Å². The number of aromatic nitrogens is 6. The van der Waals surface area contributed by atoms with Crippen LogP contribution in [0, 0.1) is 17.2 Å². The Morgan fingerprint density at radius 2 is 1.90 bits per heavy atom. The van der Waals surface area contributed by atoms with Gasteiger partial charge in [-0.15, -0.1) is 5.10 Å². The van der Waals surface area contributed by atoms with Crippen molar-refractivity contribution in [3.05, 3.63) is 66.0 Å². The summed E-state index contributed by atoms with van der Waals surface area (Å²) in [7, 11) is 0. The van der Waals surface area contributed by atoms with Crippen molar-refractivity contribution in [2.75, 3.05) is 23.3 Å². The van der Waals surface area contributed by atoms with Crippen LogP contribution in [0.15, 0.2) is 54.7 Å². The zero-order valence-corrected chi connectivity index (χ0v) is 21.2. The molecule has 6 rings (SSSR count). The number of anilines is 2. The zero-order valence-electron chi connectivity index (χ0n) is 21.2. The summed E-state index contributed by atoms with van der Waals surface area (Å²) in [5.41, 5.74) is 4.04. The highest BCUT2D eigenvalue weighted by atomic mass is 16.4. The molecule has 4 aromatic rings. The number of rotatable bonds is 9. The fourth-order valence-electron chi connectivity index (χ4n) is 4.78. The third-order valence-corrected chi connectivity index (χ3v) is 7.01. The van der Waals surface area contributed by atoms with Gasteiger partial charge in [-0.05, 0) is 61.9 Å². The Morgan fingerprint density at radius 3 is 2.72 bits per heavy atom. The monoisotopic (exact) mass is 521 g/mol. The Morgan fingerprint density at radius 1 is 1.05 bits per heavy atom. The van der Waals surface area contributed by atoms with Crippen LogP contribution < -0.4 is 10.2 Å². The first-order valence-electron chi connectivity index (χ1n) is 13.0. The number of hydrogen-bond donors (Lipinski definition) is 2. The minimum absolute atomic E-state index is 0.376. The first-order chi connectivity index (χ1) is 19.1. The summed E-state index contributed by atoms with van der Waals surface area (Å²) in [5.74, 6) is 0.997. The minimum atomic E-state index is -0.824. The predicted molar refractivity (Wildman–Crippen MR) is 144 cm³/mol. The normalized spacial score (nSPS) is 16.7. The van der Waals surface area contributed by atoms with Crippen LogP contribution in [0.2, 0.25) is 0 Å². The molecule has 1 atom stereocenters. The van der Waals surface area contributed by atoms with Crippen LogP contribution in [-0.2, 0) is 11.3 Å². The molecule has 0 bridgehead atoms. The lowest BCUT2D eigenvalue weighted by Gasteiger charge is -2.22. The molecule has 0 unspecified atom stereocenters. The summed E-state index contributed by atoms with van der Waals surface area (Å²) < 4.78 is 1.69. The van der Waals surface area contributed by atoms with Gasteiger partial charge >= 0.3 is 5.97 Å². The quantitative estimate of drug-likeness (QED) is 0.335. The van der Waals surface area contributed by atoms with Crippen LogP contribution in [-0.4, -0.2) is 60.2 Å². The first-order valence-corrected chi connectivity index (χ1v) is 13.0. The van der Waals surface area contributed by atoms with Gasteiger partial charge in [-0.1, -0.05) is 23.4 Å². The number of nitrogens with zero attached hydrogens (tertiary/aromatic N) is 8. The van der Waals surface area contributed by atoms with Crippen LogP contribution in [0.5, 0.6) is 0 Å². The number of nitriles is 1. The minimum Gasteiger partial charge on any atom is -0.480 e. The highest BCUT2D eigenvalue weighted by Gasteiger charge is 2.31. The topological polar surface area (TPSA) is 146 Å². The van der Waals surface area contributed by atoms with Crippen LogP contribution in [0.4, 0.5) is 11.8 Å². The summed E-state index contributed by atoms with van der Waals surface area (Å²) in [6.07, 6.45) is 5.68.